The second-order valence-corrected chi connectivity index (χ2v) is 21.4. The van der Waals surface area contributed by atoms with Gasteiger partial charge in [0.25, 0.3) is 0 Å². The Hall–Kier alpha value is -4.37. The molecule has 0 fully saturated rings. The van der Waals surface area contributed by atoms with Crippen LogP contribution in [0.25, 0.3) is 0 Å². The zero-order valence-corrected chi connectivity index (χ0v) is 49.3. The summed E-state index contributed by atoms with van der Waals surface area (Å²) in [4.78, 5) is 35.6. The number of rotatable bonds is 51. The van der Waals surface area contributed by atoms with E-state index >= 15 is 0 Å². The maximum absolute atomic E-state index is 12.8. The molecule has 0 amide bonds. The molecule has 2 unspecified atom stereocenters. The van der Waals surface area contributed by atoms with Gasteiger partial charge in [0, 0.05) is 12.8 Å². The highest BCUT2D eigenvalue weighted by atomic mass is 31.2. The van der Waals surface area contributed by atoms with Crippen molar-refractivity contribution in [3.63, 3.8) is 0 Å². The van der Waals surface area contributed by atoms with Crippen LogP contribution in [0, 0.1) is 0 Å². The average Bonchev–Trinajstić information content (AvgIpc) is 3.38. The molecule has 0 aliphatic heterocycles. The number of unbranched alkanes of at least 4 members (excludes halogenated alkanes) is 11. The zero-order valence-electron chi connectivity index (χ0n) is 48.4. The Kier molecular flexibility index (Phi) is 52.2. The molecule has 0 saturated heterocycles. The van der Waals surface area contributed by atoms with Gasteiger partial charge in [0.15, 0.2) is 6.10 Å². The van der Waals surface area contributed by atoms with Crippen molar-refractivity contribution in [1.29, 1.82) is 0 Å². The quantitative estimate of drug-likeness (QED) is 0.0211. The number of allylic oxidation sites excluding steroid dienone is 26. The monoisotopic (exact) mass is 1070 g/mol. The molecule has 0 aromatic rings. The Labute approximate surface area is 465 Å². The van der Waals surface area contributed by atoms with Crippen LogP contribution in [0.5, 0.6) is 0 Å². The lowest BCUT2D eigenvalue weighted by Crippen LogP contribution is -2.37. The molecule has 0 radical (unpaired) electrons. The van der Waals surface area contributed by atoms with Gasteiger partial charge in [-0.3, -0.25) is 18.6 Å². The van der Waals surface area contributed by atoms with Gasteiger partial charge in [0.05, 0.1) is 27.7 Å². The van der Waals surface area contributed by atoms with E-state index in [1.807, 2.05) is 21.1 Å². The van der Waals surface area contributed by atoms with E-state index in [0.29, 0.717) is 23.9 Å². The first kappa shape index (κ1) is 71.6. The number of hydrogen-bond acceptors (Lipinski definition) is 7. The third-order valence-corrected chi connectivity index (χ3v) is 12.5. The van der Waals surface area contributed by atoms with Gasteiger partial charge in [-0.15, -0.1) is 0 Å². The molecule has 2 atom stereocenters. The molecule has 428 valence electrons. The van der Waals surface area contributed by atoms with E-state index in [4.69, 9.17) is 18.5 Å². The largest absolute Gasteiger partial charge is 0.472 e. The maximum atomic E-state index is 12.8. The highest BCUT2D eigenvalue weighted by Crippen LogP contribution is 2.43. The van der Waals surface area contributed by atoms with Crippen molar-refractivity contribution in [2.45, 2.75) is 200 Å². The number of carbonyl (C=O) groups is 2. The summed E-state index contributed by atoms with van der Waals surface area (Å²) in [6.45, 7) is 4.13. The molecule has 0 aliphatic carbocycles. The van der Waals surface area contributed by atoms with E-state index in [2.05, 4.69) is 172 Å². The van der Waals surface area contributed by atoms with Crippen molar-refractivity contribution >= 4 is 19.8 Å². The molecule has 0 aromatic heterocycles. The fourth-order valence-electron chi connectivity index (χ4n) is 7.11. The van der Waals surface area contributed by atoms with Crippen LogP contribution in [0.2, 0.25) is 0 Å². The Morgan fingerprint density at radius 3 is 1.05 bits per heavy atom. The third kappa shape index (κ3) is 58.9. The highest BCUT2D eigenvalue weighted by Gasteiger charge is 2.27. The fourth-order valence-corrected chi connectivity index (χ4v) is 7.86. The van der Waals surface area contributed by atoms with Crippen molar-refractivity contribution < 1.29 is 42.1 Å². The van der Waals surface area contributed by atoms with E-state index in [1.54, 1.807) is 0 Å². The van der Waals surface area contributed by atoms with Gasteiger partial charge in [0.2, 0.25) is 0 Å². The van der Waals surface area contributed by atoms with Gasteiger partial charge in [0.1, 0.15) is 19.8 Å². The maximum Gasteiger partial charge on any atom is 0.472 e. The smallest absolute Gasteiger partial charge is 0.462 e. The third-order valence-electron chi connectivity index (χ3n) is 11.6. The van der Waals surface area contributed by atoms with Crippen LogP contribution < -0.4 is 0 Å². The summed E-state index contributed by atoms with van der Waals surface area (Å²) >= 11 is 0. The minimum atomic E-state index is -4.40. The summed E-state index contributed by atoms with van der Waals surface area (Å²) < 4.78 is 34.5. The summed E-state index contributed by atoms with van der Waals surface area (Å²) in [6, 6.07) is 0. The molecule has 0 rings (SSSR count). The number of esters is 2. The number of hydrogen-bond donors (Lipinski definition) is 1. The number of nitrogens with zero attached hydrogens (tertiary/aromatic N) is 1. The molecule has 0 spiro atoms. The number of quaternary nitrogens is 1. The van der Waals surface area contributed by atoms with Crippen LogP contribution in [0.1, 0.15) is 194 Å². The van der Waals surface area contributed by atoms with Gasteiger partial charge in [-0.1, -0.05) is 217 Å². The van der Waals surface area contributed by atoms with E-state index in [0.717, 1.165) is 154 Å². The Morgan fingerprint density at radius 1 is 0.408 bits per heavy atom. The van der Waals surface area contributed by atoms with E-state index in [-0.39, 0.29) is 26.1 Å². The highest BCUT2D eigenvalue weighted by molar-refractivity contribution is 7.47. The van der Waals surface area contributed by atoms with E-state index in [9.17, 15) is 19.0 Å². The van der Waals surface area contributed by atoms with Crippen LogP contribution >= 0.6 is 7.82 Å². The molecule has 1 N–H and O–H groups in total. The topological polar surface area (TPSA) is 108 Å². The normalized spacial score (nSPS) is 14.4. The first-order valence-electron chi connectivity index (χ1n) is 29.2. The minimum absolute atomic E-state index is 0.0164. The average molecular weight is 1070 g/mol. The summed E-state index contributed by atoms with van der Waals surface area (Å²) in [5, 5.41) is 0. The summed E-state index contributed by atoms with van der Waals surface area (Å²) in [7, 11) is 1.43. The zero-order chi connectivity index (χ0) is 55.6. The molecule has 9 nitrogen and oxygen atoms in total. The van der Waals surface area contributed by atoms with E-state index in [1.165, 1.54) is 0 Å². The first-order chi connectivity index (χ1) is 37.0. The van der Waals surface area contributed by atoms with Crippen molar-refractivity contribution in [2.75, 3.05) is 47.5 Å². The summed E-state index contributed by atoms with van der Waals surface area (Å²) in [6.07, 6.45) is 83.2. The molecule has 0 aliphatic rings. The minimum Gasteiger partial charge on any atom is -0.462 e. The molecule has 10 heteroatoms. The number of ether oxygens (including phenoxy) is 2. The Morgan fingerprint density at radius 2 is 0.711 bits per heavy atom. The Balaban J connectivity index is 4.21. The van der Waals surface area contributed by atoms with Crippen LogP contribution in [-0.2, 0) is 32.7 Å². The van der Waals surface area contributed by atoms with Crippen molar-refractivity contribution in [3.05, 3.63) is 158 Å². The predicted octanol–water partition coefficient (Wildman–Crippen LogP) is 18.5. The molecule has 0 bridgehead atoms. The number of carbonyl (C=O) groups excluding carboxylic acids is 2. The lowest BCUT2D eigenvalue weighted by Gasteiger charge is -2.24. The first-order valence-corrected chi connectivity index (χ1v) is 30.7. The SMILES string of the molecule is CC/C=C\C/C=C\C/C=C\C/C=C\C/C=C\C/C=C\C/C=C\C/C=C\C/C=C\C/C=C\CCCCCCCCC(=O)OC(COC(=O)CCCCCCC/C=C\C/C=C\C/C=C\CC)COP(=O)(O)OCC[N+](C)(C)C. The van der Waals surface area contributed by atoms with Crippen LogP contribution in [-0.4, -0.2) is 74.9 Å². The fraction of sp³-hybridized carbons (Fsp3) is 0.576. The second kappa shape index (κ2) is 55.4. The molecule has 0 heterocycles. The van der Waals surface area contributed by atoms with Gasteiger partial charge in [-0.2, -0.15) is 0 Å². The lowest BCUT2D eigenvalue weighted by molar-refractivity contribution is -0.870. The lowest BCUT2D eigenvalue weighted by atomic mass is 10.1. The molecular formula is C66H107NO8P+. The van der Waals surface area contributed by atoms with Crippen molar-refractivity contribution in [2.24, 2.45) is 0 Å². The van der Waals surface area contributed by atoms with Crippen molar-refractivity contribution in [3.8, 4) is 0 Å². The molecular weight excluding hydrogens is 966 g/mol. The van der Waals surface area contributed by atoms with E-state index < -0.39 is 32.5 Å². The predicted molar refractivity (Wildman–Crippen MR) is 325 cm³/mol. The summed E-state index contributed by atoms with van der Waals surface area (Å²) in [5.74, 6) is -0.849. The summed E-state index contributed by atoms with van der Waals surface area (Å²) in [5.41, 5.74) is 0. The van der Waals surface area contributed by atoms with Gasteiger partial charge in [-0.25, -0.2) is 4.57 Å². The number of likely N-dealkylation sites (N-methyl/N-ethyl adjacent to an activating group) is 1. The standard InChI is InChI=1S/C66H106NO8P/c1-6-8-10-12-14-16-18-20-22-23-24-25-26-27-28-29-30-31-32-33-34-35-36-37-38-39-40-41-42-43-45-47-49-51-53-55-57-59-66(69)75-64(63-74-76(70,71)73-61-60-67(3,4)5)62-72-65(68)58-56-54-52-50-48-46-44-21-19-17-15-13-11-9-7-2/h8-11,14-17,20-22,24-25,27-28,30-31,33-34,36-37,39-40,42-44,64H,6-7,12-13,18-19,23,26,29,32,35,38,41,45-63H2,1-5H3/p+1/b10-8-,11-9-,16-14-,17-15-,22-20-,25-24-,28-27-,31-30-,34-33-,37-36-,40-39-,43-42-,44-21-. The van der Waals surface area contributed by atoms with Crippen molar-refractivity contribution in [1.82, 2.24) is 0 Å². The molecule has 0 aromatic carbocycles. The second-order valence-electron chi connectivity index (χ2n) is 19.9. The molecule has 76 heavy (non-hydrogen) atoms. The van der Waals surface area contributed by atoms with Gasteiger partial charge >= 0.3 is 19.8 Å². The van der Waals surface area contributed by atoms with Gasteiger partial charge < -0.3 is 18.9 Å². The van der Waals surface area contributed by atoms with Crippen LogP contribution in [0.4, 0.5) is 0 Å². The van der Waals surface area contributed by atoms with Crippen LogP contribution in [0.3, 0.4) is 0 Å². The van der Waals surface area contributed by atoms with Crippen LogP contribution in [0.15, 0.2) is 158 Å². The number of phosphoric ester groups is 1. The van der Waals surface area contributed by atoms with Gasteiger partial charge in [-0.05, 0) is 122 Å². The number of phosphoric acid groups is 1. The molecule has 0 saturated carbocycles. The Bertz CT molecular complexity index is 1840.